The average molecular weight is 1510 g/mol. The topological polar surface area (TPSA) is 376 Å². The Kier molecular flexibility index (Phi) is 31.1. The molecule has 3 aliphatic rings. The molecule has 565 valence electrons. The lowest BCUT2D eigenvalue weighted by molar-refractivity contribution is -0.120. The van der Waals surface area contributed by atoms with Gasteiger partial charge in [-0.25, -0.2) is 29.9 Å². The summed E-state index contributed by atoms with van der Waals surface area (Å²) in [6, 6.07) is 18.9. The lowest BCUT2D eigenvalue weighted by Gasteiger charge is -2.32. The average Bonchev–Trinajstić information content (AvgIpc) is 1.21. The van der Waals surface area contributed by atoms with E-state index < -0.39 is 11.1 Å². The standard InChI is InChI=1S/C28H39N7O3.C25H33BrN6O3.C19H29N7O.C3H7N.B/c1-6-7-12-28(3,17-31-18(2)36)35-26-25-23(13-21(16-29-25)32-20-9-10-20)33-27(34-26)30-15-19-8-11-22(37-4)14-24(19)38-5;1-6-7-10-25(3,15-29-16(2)33)32-23-22-20(11-18(26)14-27-22)30-24(31-23)28-13-17-8-9-19(34-4)12-21(17)35-5;1-4-5-8-19(3,11-22-12(2)27)26-17-16-15(24-18(20)25-17)9-14(10-21-16)23-13-6-7-13;4-3-1-2-3;/h8,11,13-14,16,20,32H,6-7,9-10,12,15,17H2,1-5H3,(H,31,36)(H2,30,33,34,35);8-9,11-12,14H,6-7,10,13,15H2,1-5H3,(H,29,33)(H2,28,30,31,32);9-10,13,23H,4-8,11H2,1-3H3,(H,22,27)(H3,20,24,25,26);3H,1-2,4H2;/t28-;25-;19-;;/m111../s1. The van der Waals surface area contributed by atoms with Crippen LogP contribution in [-0.4, -0.2) is 154 Å². The summed E-state index contributed by atoms with van der Waals surface area (Å²) in [4.78, 5) is 76.4. The largest absolute Gasteiger partial charge is 0.497 e. The normalized spacial score (nSPS) is 14.5. The van der Waals surface area contributed by atoms with E-state index in [4.69, 9.17) is 50.4 Å². The molecule has 0 aliphatic heterocycles. The van der Waals surface area contributed by atoms with E-state index in [0.29, 0.717) is 114 Å². The van der Waals surface area contributed by atoms with Crippen LogP contribution < -0.4 is 83.6 Å². The highest BCUT2D eigenvalue weighted by molar-refractivity contribution is 9.10. The minimum atomic E-state index is -0.411. The van der Waals surface area contributed by atoms with Crippen LogP contribution in [0, 0.1) is 0 Å². The molecule has 0 unspecified atom stereocenters. The molecule has 6 heterocycles. The van der Waals surface area contributed by atoms with Crippen LogP contribution >= 0.6 is 15.9 Å². The van der Waals surface area contributed by atoms with Gasteiger partial charge in [0.1, 0.15) is 39.5 Å². The number of methoxy groups -OCH3 is 4. The summed E-state index contributed by atoms with van der Waals surface area (Å²) < 4.78 is 22.5. The number of nitrogen functional groups attached to an aromatic ring is 1. The lowest BCUT2D eigenvalue weighted by atomic mass is 9.94. The van der Waals surface area contributed by atoms with Gasteiger partial charge in [0.2, 0.25) is 35.6 Å². The fraction of sp³-hybridized carbons (Fsp3) is 0.520. The van der Waals surface area contributed by atoms with Gasteiger partial charge in [0.25, 0.3) is 0 Å². The number of hydrogen-bond acceptors (Lipinski definition) is 25. The van der Waals surface area contributed by atoms with E-state index in [1.54, 1.807) is 34.6 Å². The highest BCUT2D eigenvalue weighted by atomic mass is 79.9. The van der Waals surface area contributed by atoms with Crippen LogP contribution in [0.5, 0.6) is 23.0 Å². The third kappa shape index (κ3) is 26.5. The minimum absolute atomic E-state index is 0. The first-order valence-corrected chi connectivity index (χ1v) is 36.9. The van der Waals surface area contributed by atoms with Crippen molar-refractivity contribution in [2.75, 3.05) is 91.0 Å². The summed E-state index contributed by atoms with van der Waals surface area (Å²) in [6.45, 7) is 19.6. The Morgan fingerprint density at radius 2 is 0.867 bits per heavy atom. The highest BCUT2D eigenvalue weighted by Crippen LogP contribution is 2.35. The Hall–Kier alpha value is -9.58. The van der Waals surface area contributed by atoms with Gasteiger partial charge in [-0.05, 0) is 137 Å². The van der Waals surface area contributed by atoms with E-state index in [1.807, 2.05) is 67.0 Å². The van der Waals surface area contributed by atoms with Gasteiger partial charge < -0.3 is 83.6 Å². The molecule has 14 N–H and O–H groups in total. The van der Waals surface area contributed by atoms with Gasteiger partial charge >= 0.3 is 0 Å². The van der Waals surface area contributed by atoms with Crippen LogP contribution in [0.2, 0.25) is 0 Å². The number of amides is 3. The van der Waals surface area contributed by atoms with Gasteiger partial charge in [-0.15, -0.1) is 0 Å². The predicted octanol–water partition coefficient (Wildman–Crippen LogP) is 12.0. The first kappa shape index (κ1) is 82.7. The summed E-state index contributed by atoms with van der Waals surface area (Å²) >= 11 is 3.49. The second-order valence-electron chi connectivity index (χ2n) is 27.8. The Bertz CT molecular complexity index is 4170. The molecule has 28 nitrogen and oxygen atoms in total. The molecular formula is C75H108BBrN21O7. The zero-order valence-corrected chi connectivity index (χ0v) is 64.9. The number of nitrogens with one attached hydrogen (secondary N) is 10. The summed E-state index contributed by atoms with van der Waals surface area (Å²) in [6.07, 6.45) is 21.4. The second kappa shape index (κ2) is 39.5. The lowest BCUT2D eigenvalue weighted by Crippen LogP contribution is -2.46. The SMILES string of the molecule is CCCC[C@](C)(CNC(C)=O)Nc1nc(N)nc2cc(NC3CC3)cnc12.CCCC[C@](C)(CNC(C)=O)Nc1nc(NCc2ccc(OC)cc2OC)nc2cc(Br)cnc12.CCCC[C@](C)(CNC(C)=O)Nc1nc(NCc2ccc(OC)cc2OC)nc2cc(NC3CC3)cnc12.NC1CC1.[B]. The molecule has 2 aromatic carbocycles. The van der Waals surface area contributed by atoms with Crippen LogP contribution in [0.25, 0.3) is 33.1 Å². The van der Waals surface area contributed by atoms with Gasteiger partial charge in [-0.2, -0.15) is 15.0 Å². The fourth-order valence-electron chi connectivity index (χ4n) is 11.1. The van der Waals surface area contributed by atoms with E-state index in [2.05, 4.69) is 136 Å². The first-order chi connectivity index (χ1) is 49.9. The molecule has 8 aromatic rings. The van der Waals surface area contributed by atoms with Crippen molar-refractivity contribution < 1.29 is 33.3 Å². The molecule has 3 saturated carbocycles. The number of fused-ring (bicyclic) bond motifs is 3. The third-order valence-corrected chi connectivity index (χ3v) is 18.1. The number of benzene rings is 2. The molecule has 105 heavy (non-hydrogen) atoms. The van der Waals surface area contributed by atoms with E-state index >= 15 is 0 Å². The first-order valence-electron chi connectivity index (χ1n) is 36.1. The number of nitrogens with zero attached hydrogens (tertiary/aromatic N) is 9. The number of carbonyl (C=O) groups is 3. The Morgan fingerprint density at radius 3 is 1.21 bits per heavy atom. The number of ether oxygens (including phenoxy) is 4. The van der Waals surface area contributed by atoms with Crippen molar-refractivity contribution in [1.82, 2.24) is 60.8 Å². The number of aromatic nitrogens is 9. The van der Waals surface area contributed by atoms with Crippen molar-refractivity contribution in [2.24, 2.45) is 5.73 Å². The van der Waals surface area contributed by atoms with E-state index in [9.17, 15) is 14.4 Å². The van der Waals surface area contributed by atoms with Crippen molar-refractivity contribution >= 4 is 122 Å². The number of carbonyl (C=O) groups excluding carboxylic acids is 3. The molecule has 0 spiro atoms. The van der Waals surface area contributed by atoms with Gasteiger partial charge in [-0.3, -0.25) is 14.4 Å². The Balaban J connectivity index is 0.000000215. The molecule has 30 heteroatoms. The van der Waals surface area contributed by atoms with Crippen LogP contribution in [0.4, 0.5) is 46.7 Å². The fourth-order valence-corrected chi connectivity index (χ4v) is 11.4. The number of nitrogens with two attached hydrogens (primary N) is 2. The summed E-state index contributed by atoms with van der Waals surface area (Å²) in [5.74, 6) is 5.65. The second-order valence-corrected chi connectivity index (χ2v) is 28.7. The van der Waals surface area contributed by atoms with Crippen molar-refractivity contribution in [1.29, 1.82) is 0 Å². The maximum atomic E-state index is 11.7. The Labute approximate surface area is 627 Å². The van der Waals surface area contributed by atoms with Crippen molar-refractivity contribution in [3.05, 3.63) is 88.8 Å². The van der Waals surface area contributed by atoms with Crippen molar-refractivity contribution in [3.8, 4) is 23.0 Å². The zero-order valence-electron chi connectivity index (χ0n) is 63.3. The van der Waals surface area contributed by atoms with E-state index in [-0.39, 0.29) is 37.6 Å². The Morgan fingerprint density at radius 1 is 0.505 bits per heavy atom. The molecule has 3 atom stereocenters. The quantitative estimate of drug-likeness (QED) is 0.0164. The summed E-state index contributed by atoms with van der Waals surface area (Å²) in [5, 5.41) is 33.1. The van der Waals surface area contributed by atoms with Gasteiger partial charge in [0, 0.05) is 114 Å². The van der Waals surface area contributed by atoms with Crippen molar-refractivity contribution in [2.45, 2.75) is 206 Å². The number of unbranched alkanes of at least 4 members (excludes halogenated alkanes) is 3. The number of halogens is 1. The van der Waals surface area contributed by atoms with Gasteiger partial charge in [0.05, 0.1) is 85.4 Å². The monoisotopic (exact) mass is 1500 g/mol. The summed E-state index contributed by atoms with van der Waals surface area (Å²) in [5.41, 5.74) is 17.9. The molecule has 0 bridgehead atoms. The van der Waals surface area contributed by atoms with Crippen LogP contribution in [0.15, 0.2) is 77.7 Å². The highest BCUT2D eigenvalue weighted by Gasteiger charge is 2.31. The van der Waals surface area contributed by atoms with E-state index in [1.165, 1.54) is 59.3 Å². The molecule has 11 rings (SSSR count). The summed E-state index contributed by atoms with van der Waals surface area (Å²) in [7, 11) is 6.52. The molecule has 3 fully saturated rings. The number of hydrogen-bond donors (Lipinski definition) is 12. The third-order valence-electron chi connectivity index (χ3n) is 17.7. The maximum Gasteiger partial charge on any atom is 0.225 e. The maximum absolute atomic E-state index is 11.7. The molecular weight excluding hydrogens is 1400 g/mol. The zero-order chi connectivity index (χ0) is 75.0. The number of pyridine rings is 3. The van der Waals surface area contributed by atoms with Crippen LogP contribution in [0.1, 0.15) is 170 Å². The predicted molar refractivity (Wildman–Crippen MR) is 425 cm³/mol. The minimum Gasteiger partial charge on any atom is -0.497 e. The van der Waals surface area contributed by atoms with E-state index in [0.717, 1.165) is 108 Å². The molecule has 0 saturated heterocycles. The molecule has 3 radical (unpaired) electrons. The van der Waals surface area contributed by atoms with Crippen LogP contribution in [-0.2, 0) is 27.5 Å². The molecule has 3 amide bonds. The van der Waals surface area contributed by atoms with Crippen LogP contribution in [0.3, 0.4) is 0 Å². The number of rotatable bonds is 35. The van der Waals surface area contributed by atoms with Gasteiger partial charge in [0.15, 0.2) is 17.5 Å². The number of anilines is 8. The molecule has 3 aliphatic carbocycles. The molecule has 6 aromatic heterocycles. The van der Waals surface area contributed by atoms with Crippen molar-refractivity contribution in [3.63, 3.8) is 0 Å². The smallest absolute Gasteiger partial charge is 0.225 e. The van der Waals surface area contributed by atoms with Gasteiger partial charge in [-0.1, -0.05) is 59.3 Å².